The van der Waals surface area contributed by atoms with E-state index in [0.29, 0.717) is 13.0 Å². The predicted molar refractivity (Wildman–Crippen MR) is 144 cm³/mol. The quantitative estimate of drug-likeness (QED) is 0.151. The molecule has 2 rings (SSSR count). The van der Waals surface area contributed by atoms with Crippen LogP contribution in [0.4, 0.5) is 0 Å². The van der Waals surface area contributed by atoms with Crippen LogP contribution >= 0.6 is 0 Å². The van der Waals surface area contributed by atoms with Crippen LogP contribution in [-0.2, 0) is 24.0 Å². The molecule has 0 radical (unpaired) electrons. The van der Waals surface area contributed by atoms with Crippen LogP contribution in [0.5, 0.6) is 0 Å². The molecule has 0 aliphatic carbocycles. The van der Waals surface area contributed by atoms with Crippen molar-refractivity contribution in [3.05, 3.63) is 30.1 Å². The third kappa shape index (κ3) is 9.91. The summed E-state index contributed by atoms with van der Waals surface area (Å²) in [5, 5.41) is 19.8. The average Bonchev–Trinajstić information content (AvgIpc) is 3.46. The van der Waals surface area contributed by atoms with Crippen molar-refractivity contribution in [1.82, 2.24) is 31.2 Å². The Bertz CT molecular complexity index is 1060. The molecule has 0 spiro atoms. The van der Waals surface area contributed by atoms with E-state index in [9.17, 15) is 28.8 Å². The van der Waals surface area contributed by atoms with E-state index in [1.807, 2.05) is 13.8 Å². The topological polar surface area (TPSA) is 213 Å². The first-order valence-electron chi connectivity index (χ1n) is 13.2. The van der Waals surface area contributed by atoms with Gasteiger partial charge in [0.05, 0.1) is 6.04 Å². The Hall–Kier alpha value is -4.07. The summed E-state index contributed by atoms with van der Waals surface area (Å²) in [7, 11) is 1.38. The first kappa shape index (κ1) is 32.1. The van der Waals surface area contributed by atoms with E-state index in [1.165, 1.54) is 19.3 Å². The lowest BCUT2D eigenvalue weighted by atomic mass is 10.00. The number of hydrogen-bond acceptors (Lipinski definition) is 8. The zero-order chi connectivity index (χ0) is 29.8. The van der Waals surface area contributed by atoms with Gasteiger partial charge in [0.25, 0.3) is 5.91 Å². The zero-order valence-electron chi connectivity index (χ0n) is 23.0. The molecule has 0 unspecified atom stereocenters. The Morgan fingerprint density at radius 3 is 2.42 bits per heavy atom. The fourth-order valence-corrected chi connectivity index (χ4v) is 4.27. The van der Waals surface area contributed by atoms with Gasteiger partial charge in [-0.2, -0.15) is 0 Å². The van der Waals surface area contributed by atoms with E-state index in [0.717, 1.165) is 11.3 Å². The molecule has 0 saturated carbocycles. The molecule has 4 atom stereocenters. The standard InChI is InChI=1S/C26H39N7O7/c1-15(2)13-20(25(39)31-16(22(27)36)9-10-21(34)35)33(3)26(40)19(14-30-23(37)17-8-6-12-29-17)32-24(38)18-7-4-5-11-28-18/h4-5,7,11,15-17,19-20,29H,6,8-10,12-14H2,1-3H3,(H2,27,36)(H,30,37)(H,31,39)(H,32,38)(H,34,35)/t16-,17+,19-,20-/m0/s1. The van der Waals surface area contributed by atoms with Gasteiger partial charge in [0.2, 0.25) is 23.6 Å². The van der Waals surface area contributed by atoms with Crippen LogP contribution in [-0.4, -0.2) is 94.8 Å². The number of hydrogen-bond donors (Lipinski definition) is 6. The molecular formula is C26H39N7O7. The molecular weight excluding hydrogens is 522 g/mol. The molecule has 7 N–H and O–H groups in total. The summed E-state index contributed by atoms with van der Waals surface area (Å²) in [6, 6.07) is 0.730. The van der Waals surface area contributed by atoms with Crippen molar-refractivity contribution in [2.24, 2.45) is 11.7 Å². The molecule has 14 nitrogen and oxygen atoms in total. The summed E-state index contributed by atoms with van der Waals surface area (Å²) in [5.41, 5.74) is 5.42. The number of aromatic nitrogens is 1. The number of nitrogens with two attached hydrogens (primary N) is 1. The molecule has 0 bridgehead atoms. The minimum Gasteiger partial charge on any atom is -0.481 e. The number of primary amides is 1. The molecule has 1 fully saturated rings. The van der Waals surface area contributed by atoms with E-state index in [1.54, 1.807) is 12.1 Å². The summed E-state index contributed by atoms with van der Waals surface area (Å²) in [6.45, 7) is 4.13. The van der Waals surface area contributed by atoms with Crippen LogP contribution < -0.4 is 27.0 Å². The number of nitrogens with one attached hydrogen (secondary N) is 4. The van der Waals surface area contributed by atoms with Gasteiger partial charge >= 0.3 is 5.97 Å². The number of pyridine rings is 1. The molecule has 1 aromatic heterocycles. The normalized spacial score (nSPS) is 16.9. The molecule has 1 aromatic rings. The maximum Gasteiger partial charge on any atom is 0.303 e. The number of carboxylic acid groups (broad SMARTS) is 1. The molecule has 1 aliphatic rings. The highest BCUT2D eigenvalue weighted by Gasteiger charge is 2.35. The fourth-order valence-electron chi connectivity index (χ4n) is 4.27. The number of amides is 5. The van der Waals surface area contributed by atoms with Crippen molar-refractivity contribution in [2.75, 3.05) is 20.1 Å². The molecule has 2 heterocycles. The minimum absolute atomic E-state index is 0.0611. The smallest absolute Gasteiger partial charge is 0.303 e. The van der Waals surface area contributed by atoms with E-state index in [-0.39, 0.29) is 36.9 Å². The van der Waals surface area contributed by atoms with Crippen molar-refractivity contribution < 1.29 is 33.9 Å². The monoisotopic (exact) mass is 561 g/mol. The number of carbonyl (C=O) groups excluding carboxylic acids is 5. The van der Waals surface area contributed by atoms with Crippen LogP contribution in [0.3, 0.4) is 0 Å². The predicted octanol–water partition coefficient (Wildman–Crippen LogP) is -1.24. The fraction of sp³-hybridized carbons (Fsp3) is 0.577. The lowest BCUT2D eigenvalue weighted by Crippen LogP contribution is -2.59. The first-order chi connectivity index (χ1) is 18.9. The Balaban J connectivity index is 2.25. The molecule has 1 saturated heterocycles. The van der Waals surface area contributed by atoms with E-state index >= 15 is 0 Å². The summed E-state index contributed by atoms with van der Waals surface area (Å²) < 4.78 is 0. The van der Waals surface area contributed by atoms with Crippen molar-refractivity contribution >= 4 is 35.5 Å². The number of likely N-dealkylation sites (N-methyl/N-ethyl adjacent to an activating group) is 1. The average molecular weight is 562 g/mol. The third-order valence-corrected chi connectivity index (χ3v) is 6.48. The van der Waals surface area contributed by atoms with Crippen LogP contribution in [0.2, 0.25) is 0 Å². The van der Waals surface area contributed by atoms with Gasteiger partial charge in [-0.3, -0.25) is 33.8 Å². The molecule has 40 heavy (non-hydrogen) atoms. The van der Waals surface area contributed by atoms with Crippen molar-refractivity contribution in [3.8, 4) is 0 Å². The van der Waals surface area contributed by atoms with Gasteiger partial charge in [0.1, 0.15) is 23.8 Å². The van der Waals surface area contributed by atoms with E-state index in [2.05, 4.69) is 26.3 Å². The molecule has 14 heteroatoms. The van der Waals surface area contributed by atoms with Crippen molar-refractivity contribution in [1.29, 1.82) is 0 Å². The lowest BCUT2D eigenvalue weighted by molar-refractivity contribution is -0.142. The second-order valence-electron chi connectivity index (χ2n) is 10.1. The Morgan fingerprint density at radius 1 is 1.15 bits per heavy atom. The van der Waals surface area contributed by atoms with E-state index < -0.39 is 60.2 Å². The van der Waals surface area contributed by atoms with E-state index in [4.69, 9.17) is 10.8 Å². The largest absolute Gasteiger partial charge is 0.481 e. The second-order valence-corrected chi connectivity index (χ2v) is 10.1. The van der Waals surface area contributed by atoms with Gasteiger partial charge < -0.3 is 37.0 Å². The lowest BCUT2D eigenvalue weighted by Gasteiger charge is -2.32. The SMILES string of the molecule is CC(C)C[C@@H](C(=O)N[C@@H](CCC(=O)O)C(N)=O)N(C)C(=O)[C@H](CNC(=O)[C@H]1CCCN1)NC(=O)c1ccccn1. The number of rotatable bonds is 15. The molecule has 1 aliphatic heterocycles. The highest BCUT2D eigenvalue weighted by molar-refractivity contribution is 5.98. The minimum atomic E-state index is -1.25. The van der Waals surface area contributed by atoms with Gasteiger partial charge in [-0.1, -0.05) is 19.9 Å². The van der Waals surface area contributed by atoms with Crippen LogP contribution in [0.15, 0.2) is 24.4 Å². The number of nitrogens with zero attached hydrogens (tertiary/aromatic N) is 2. The Morgan fingerprint density at radius 2 is 1.88 bits per heavy atom. The molecule has 5 amide bonds. The number of carboxylic acids is 1. The van der Waals surface area contributed by atoms with Crippen LogP contribution in [0, 0.1) is 5.92 Å². The Kier molecular flexibility index (Phi) is 12.5. The van der Waals surface area contributed by atoms with Gasteiger partial charge in [0, 0.05) is 26.2 Å². The summed E-state index contributed by atoms with van der Waals surface area (Å²) >= 11 is 0. The second kappa shape index (κ2) is 15.5. The highest BCUT2D eigenvalue weighted by Crippen LogP contribution is 2.14. The molecule has 0 aromatic carbocycles. The zero-order valence-corrected chi connectivity index (χ0v) is 23.0. The van der Waals surface area contributed by atoms with Crippen LogP contribution in [0.1, 0.15) is 56.4 Å². The summed E-state index contributed by atoms with van der Waals surface area (Å²) in [6.07, 6.45) is 2.49. The maximum atomic E-state index is 13.7. The highest BCUT2D eigenvalue weighted by atomic mass is 16.4. The van der Waals surface area contributed by atoms with Crippen LogP contribution in [0.25, 0.3) is 0 Å². The maximum absolute atomic E-state index is 13.7. The van der Waals surface area contributed by atoms with Gasteiger partial charge in [0.15, 0.2) is 0 Å². The van der Waals surface area contributed by atoms with Gasteiger partial charge in [-0.25, -0.2) is 0 Å². The van der Waals surface area contributed by atoms with Crippen molar-refractivity contribution in [3.63, 3.8) is 0 Å². The van der Waals surface area contributed by atoms with Gasteiger partial charge in [-0.05, 0) is 50.3 Å². The van der Waals surface area contributed by atoms with Gasteiger partial charge in [-0.15, -0.1) is 0 Å². The Labute approximate surface area is 232 Å². The van der Waals surface area contributed by atoms with Crippen molar-refractivity contribution in [2.45, 2.75) is 70.1 Å². The number of aliphatic carboxylic acids is 1. The third-order valence-electron chi connectivity index (χ3n) is 6.48. The summed E-state index contributed by atoms with van der Waals surface area (Å²) in [4.78, 5) is 80.4. The number of carbonyl (C=O) groups is 6. The molecule has 220 valence electrons. The summed E-state index contributed by atoms with van der Waals surface area (Å²) in [5.74, 6) is -4.45. The first-order valence-corrected chi connectivity index (χ1v) is 13.2.